The number of carbonyl (C=O) groups is 1. The van der Waals surface area contributed by atoms with Crippen molar-refractivity contribution in [2.45, 2.75) is 26.6 Å². The van der Waals surface area contributed by atoms with Gasteiger partial charge in [0.25, 0.3) is 5.91 Å². The zero-order chi connectivity index (χ0) is 29.1. The van der Waals surface area contributed by atoms with Crippen LogP contribution in [0.1, 0.15) is 32.9 Å². The van der Waals surface area contributed by atoms with Crippen LogP contribution in [0, 0.1) is 18.6 Å². The number of hydrogen-bond donors (Lipinski definition) is 1. The number of hydrogen-bond acceptors (Lipinski definition) is 4. The van der Waals surface area contributed by atoms with Gasteiger partial charge in [0.1, 0.15) is 18.0 Å². The fourth-order valence-corrected chi connectivity index (χ4v) is 4.90. The molecule has 1 aromatic heterocycles. The fourth-order valence-electron chi connectivity index (χ4n) is 4.51. The molecule has 0 aliphatic carbocycles. The van der Waals surface area contributed by atoms with Crippen LogP contribution in [0.4, 0.5) is 14.5 Å². The van der Waals surface area contributed by atoms with E-state index in [0.29, 0.717) is 39.2 Å². The van der Waals surface area contributed by atoms with Crippen LogP contribution in [-0.2, 0) is 19.6 Å². The molecule has 0 saturated heterocycles. The summed E-state index contributed by atoms with van der Waals surface area (Å²) >= 11 is 12.7. The summed E-state index contributed by atoms with van der Waals surface area (Å²) < 4.78 is 30.2. The van der Waals surface area contributed by atoms with E-state index in [9.17, 15) is 13.6 Å². The highest BCUT2D eigenvalue weighted by Crippen LogP contribution is 2.33. The van der Waals surface area contributed by atoms with Gasteiger partial charge in [0.05, 0.1) is 13.1 Å². The maximum Gasteiger partial charge on any atom is 0.254 e. The number of nitrogens with two attached hydrogens (primary N) is 1. The summed E-state index contributed by atoms with van der Waals surface area (Å²) in [5.74, 6) is -1.34. The van der Waals surface area contributed by atoms with Crippen molar-refractivity contribution >= 4 is 34.8 Å². The molecule has 0 atom stereocenters. The molecular formula is C31H25Cl2F2N5O. The molecule has 4 aromatic carbocycles. The van der Waals surface area contributed by atoms with Gasteiger partial charge in [0.2, 0.25) is 0 Å². The van der Waals surface area contributed by atoms with Gasteiger partial charge in [-0.25, -0.2) is 8.78 Å². The van der Waals surface area contributed by atoms with Crippen molar-refractivity contribution in [2.24, 2.45) is 0 Å². The summed E-state index contributed by atoms with van der Waals surface area (Å²) in [5, 5.41) is 9.27. The van der Waals surface area contributed by atoms with E-state index in [2.05, 4.69) is 10.2 Å². The number of aryl methyl sites for hydroxylation is 1. The number of halogens is 4. The molecule has 208 valence electrons. The number of nitrogens with zero attached hydrogens (tertiary/aromatic N) is 4. The summed E-state index contributed by atoms with van der Waals surface area (Å²) in [6.07, 6.45) is 1.57. The van der Waals surface area contributed by atoms with Crippen molar-refractivity contribution in [1.82, 2.24) is 19.7 Å². The van der Waals surface area contributed by atoms with E-state index in [1.165, 1.54) is 11.0 Å². The smallest absolute Gasteiger partial charge is 0.254 e. The minimum Gasteiger partial charge on any atom is -0.399 e. The first-order chi connectivity index (χ1) is 19.7. The Labute approximate surface area is 246 Å². The van der Waals surface area contributed by atoms with Gasteiger partial charge in [-0.15, -0.1) is 10.2 Å². The molecule has 0 aliphatic rings. The third-order valence-electron chi connectivity index (χ3n) is 6.73. The third-order valence-corrected chi connectivity index (χ3v) is 7.29. The molecule has 5 aromatic rings. The van der Waals surface area contributed by atoms with Gasteiger partial charge in [-0.2, -0.15) is 0 Å². The summed E-state index contributed by atoms with van der Waals surface area (Å²) in [4.78, 5) is 15.5. The molecule has 0 saturated carbocycles. The van der Waals surface area contributed by atoms with Gasteiger partial charge in [0, 0.05) is 45.0 Å². The van der Waals surface area contributed by atoms with Crippen LogP contribution >= 0.6 is 23.2 Å². The standard InChI is InChI=1S/C31H25Cl2F2N5O/c1-19-2-5-21(12-26(19)27-13-23(32)7-11-28(27)33)31(41)39(16-22-6-8-24(34)14-29(22)35)17-30-38-37-18-40(30)15-20-3-9-25(36)10-4-20/h2-14,18H,15-17,36H2,1H3. The van der Waals surface area contributed by atoms with E-state index in [0.717, 1.165) is 28.8 Å². The Morgan fingerprint density at radius 2 is 1.71 bits per heavy atom. The van der Waals surface area contributed by atoms with Crippen LogP contribution in [0.2, 0.25) is 10.0 Å². The van der Waals surface area contributed by atoms with Crippen LogP contribution < -0.4 is 5.73 Å². The molecular weight excluding hydrogens is 567 g/mol. The van der Waals surface area contributed by atoms with Gasteiger partial charge >= 0.3 is 0 Å². The van der Waals surface area contributed by atoms with Crippen LogP contribution in [0.3, 0.4) is 0 Å². The van der Waals surface area contributed by atoms with Crippen molar-refractivity contribution in [3.63, 3.8) is 0 Å². The summed E-state index contributed by atoms with van der Waals surface area (Å²) in [7, 11) is 0. The van der Waals surface area contributed by atoms with Crippen LogP contribution in [0.5, 0.6) is 0 Å². The topological polar surface area (TPSA) is 77.0 Å². The summed E-state index contributed by atoms with van der Waals surface area (Å²) in [6.45, 7) is 2.25. The van der Waals surface area contributed by atoms with E-state index in [1.54, 1.807) is 53.4 Å². The zero-order valence-corrected chi connectivity index (χ0v) is 23.5. The van der Waals surface area contributed by atoms with Crippen LogP contribution in [-0.4, -0.2) is 25.6 Å². The fraction of sp³-hybridized carbons (Fsp3) is 0.129. The largest absolute Gasteiger partial charge is 0.399 e. The second-order valence-electron chi connectivity index (χ2n) is 9.67. The molecule has 1 amide bonds. The average molecular weight is 592 g/mol. The van der Waals surface area contributed by atoms with E-state index < -0.39 is 11.6 Å². The Kier molecular flexibility index (Phi) is 8.33. The van der Waals surface area contributed by atoms with E-state index in [4.69, 9.17) is 28.9 Å². The monoisotopic (exact) mass is 591 g/mol. The Morgan fingerprint density at radius 1 is 0.927 bits per heavy atom. The molecule has 0 spiro atoms. The van der Waals surface area contributed by atoms with Crippen LogP contribution in [0.15, 0.2) is 85.2 Å². The number of aromatic nitrogens is 3. The van der Waals surface area contributed by atoms with Crippen LogP contribution in [0.25, 0.3) is 11.1 Å². The molecule has 1 heterocycles. The Bertz CT molecular complexity index is 1720. The molecule has 0 radical (unpaired) electrons. The highest BCUT2D eigenvalue weighted by Gasteiger charge is 2.22. The number of anilines is 1. The maximum atomic E-state index is 14.7. The lowest BCUT2D eigenvalue weighted by Gasteiger charge is -2.24. The Balaban J connectivity index is 1.50. The molecule has 5 rings (SSSR count). The molecule has 6 nitrogen and oxygen atoms in total. The zero-order valence-electron chi connectivity index (χ0n) is 22.0. The van der Waals surface area contributed by atoms with Crippen molar-refractivity contribution < 1.29 is 13.6 Å². The number of carbonyl (C=O) groups excluding carboxylic acids is 1. The first-order valence-corrected chi connectivity index (χ1v) is 13.4. The van der Waals surface area contributed by atoms with Gasteiger partial charge in [0.15, 0.2) is 5.82 Å². The van der Waals surface area contributed by atoms with Crippen molar-refractivity contribution in [1.29, 1.82) is 0 Å². The summed E-state index contributed by atoms with van der Waals surface area (Å²) in [6, 6.07) is 21.1. The van der Waals surface area contributed by atoms with Gasteiger partial charge in [-0.1, -0.05) is 47.5 Å². The second-order valence-corrected chi connectivity index (χ2v) is 10.5. The lowest BCUT2D eigenvalue weighted by Crippen LogP contribution is -2.32. The van der Waals surface area contributed by atoms with Gasteiger partial charge in [-0.05, 0) is 72.1 Å². The Morgan fingerprint density at radius 3 is 2.46 bits per heavy atom. The molecule has 0 unspecified atom stereocenters. The number of benzene rings is 4. The van der Waals surface area contributed by atoms with Crippen molar-refractivity contribution in [3.8, 4) is 11.1 Å². The number of amides is 1. The minimum absolute atomic E-state index is 0.0196. The molecule has 0 aliphatic heterocycles. The average Bonchev–Trinajstić information content (AvgIpc) is 3.38. The van der Waals surface area contributed by atoms with Crippen molar-refractivity contribution in [3.05, 3.63) is 135 Å². The SMILES string of the molecule is Cc1ccc(C(=O)N(Cc2ccc(F)cc2F)Cc2nncn2Cc2ccc(N)cc2)cc1-c1cc(Cl)ccc1Cl. The van der Waals surface area contributed by atoms with E-state index in [1.807, 2.05) is 25.1 Å². The predicted molar refractivity (Wildman–Crippen MR) is 157 cm³/mol. The van der Waals surface area contributed by atoms with E-state index in [-0.39, 0.29) is 24.6 Å². The lowest BCUT2D eigenvalue weighted by molar-refractivity contribution is 0.0722. The van der Waals surface area contributed by atoms with Crippen molar-refractivity contribution in [2.75, 3.05) is 5.73 Å². The number of rotatable bonds is 8. The Hall–Kier alpha value is -4.27. The molecule has 10 heteroatoms. The minimum atomic E-state index is -0.749. The second kappa shape index (κ2) is 12.1. The van der Waals surface area contributed by atoms with Gasteiger partial charge < -0.3 is 15.2 Å². The first kappa shape index (κ1) is 28.3. The normalized spacial score (nSPS) is 11.0. The molecule has 41 heavy (non-hydrogen) atoms. The maximum absolute atomic E-state index is 14.7. The molecule has 0 fully saturated rings. The highest BCUT2D eigenvalue weighted by atomic mass is 35.5. The predicted octanol–water partition coefficient (Wildman–Crippen LogP) is 7.31. The third kappa shape index (κ3) is 6.56. The number of nitrogen functional groups attached to an aromatic ring is 1. The highest BCUT2D eigenvalue weighted by molar-refractivity contribution is 6.35. The quantitative estimate of drug-likeness (QED) is 0.192. The first-order valence-electron chi connectivity index (χ1n) is 12.7. The van der Waals surface area contributed by atoms with E-state index >= 15 is 0 Å². The summed E-state index contributed by atoms with van der Waals surface area (Å²) in [5.41, 5.74) is 10.3. The lowest BCUT2D eigenvalue weighted by atomic mass is 9.97. The van der Waals surface area contributed by atoms with Gasteiger partial charge in [-0.3, -0.25) is 4.79 Å². The molecule has 0 bridgehead atoms. The molecule has 2 N–H and O–H groups in total.